The minimum absolute atomic E-state index is 0.0277. The Bertz CT molecular complexity index is 1280. The molecule has 37 heavy (non-hydrogen) atoms. The van der Waals surface area contributed by atoms with Gasteiger partial charge in [-0.25, -0.2) is 0 Å². The molecule has 3 aromatic rings. The fraction of sp³-hybridized carbons (Fsp3) is 0.500. The smallest absolute Gasteiger partial charge is 0.253 e. The van der Waals surface area contributed by atoms with Crippen LogP contribution >= 0.6 is 11.6 Å². The second-order valence-electron chi connectivity index (χ2n) is 9.89. The highest BCUT2D eigenvalue weighted by molar-refractivity contribution is 6.36. The lowest BCUT2D eigenvalue weighted by molar-refractivity contribution is 0.00159. The van der Waals surface area contributed by atoms with Gasteiger partial charge in [0.15, 0.2) is 0 Å². The maximum absolute atomic E-state index is 13.3. The fourth-order valence-electron chi connectivity index (χ4n) is 5.18. The first-order valence-electron chi connectivity index (χ1n) is 13.0. The molecule has 0 radical (unpaired) electrons. The van der Waals surface area contributed by atoms with Gasteiger partial charge in [-0.1, -0.05) is 11.6 Å². The van der Waals surface area contributed by atoms with Crippen LogP contribution in [0.15, 0.2) is 24.4 Å². The van der Waals surface area contributed by atoms with Crippen LogP contribution in [0.1, 0.15) is 36.0 Å². The van der Waals surface area contributed by atoms with Gasteiger partial charge in [0.2, 0.25) is 5.95 Å². The number of morpholine rings is 1. The number of hydrogen-bond acceptors (Lipinski definition) is 8. The molecule has 11 heteroatoms. The second-order valence-corrected chi connectivity index (χ2v) is 10.3. The number of methoxy groups -OCH3 is 1. The number of halogens is 1. The highest BCUT2D eigenvalue weighted by atomic mass is 35.5. The summed E-state index contributed by atoms with van der Waals surface area (Å²) >= 11 is 6.37. The lowest BCUT2D eigenvalue weighted by Crippen LogP contribution is -2.50. The molecular weight excluding hydrogens is 494 g/mol. The maximum atomic E-state index is 13.3. The number of carbonyl (C=O) groups is 1. The molecule has 4 heterocycles. The minimum Gasteiger partial charge on any atom is -0.495 e. The first-order valence-corrected chi connectivity index (χ1v) is 13.3. The lowest BCUT2D eigenvalue weighted by atomic mass is 10.0. The summed E-state index contributed by atoms with van der Waals surface area (Å²) in [6, 6.07) is 6.40. The second kappa shape index (κ2) is 10.4. The van der Waals surface area contributed by atoms with Crippen molar-refractivity contribution in [2.45, 2.75) is 37.8 Å². The maximum Gasteiger partial charge on any atom is 0.253 e. The van der Waals surface area contributed by atoms with E-state index in [1.54, 1.807) is 19.4 Å². The van der Waals surface area contributed by atoms with Crippen molar-refractivity contribution in [2.24, 2.45) is 0 Å². The predicted octanol–water partition coefficient (Wildman–Crippen LogP) is 3.87. The van der Waals surface area contributed by atoms with E-state index in [0.717, 1.165) is 70.5 Å². The number of nitrogens with one attached hydrogen (secondary N) is 3. The van der Waals surface area contributed by atoms with Crippen LogP contribution < -0.4 is 15.4 Å². The van der Waals surface area contributed by atoms with Gasteiger partial charge in [-0.2, -0.15) is 9.97 Å². The molecule has 0 spiro atoms. The van der Waals surface area contributed by atoms with E-state index in [-0.39, 0.29) is 5.91 Å². The normalized spacial score (nSPS) is 19.2. The Kier molecular flexibility index (Phi) is 6.79. The quantitative estimate of drug-likeness (QED) is 0.426. The number of ether oxygens (including phenoxy) is 2. The van der Waals surface area contributed by atoms with Gasteiger partial charge in [-0.15, -0.1) is 0 Å². The minimum atomic E-state index is 0.0277. The van der Waals surface area contributed by atoms with Crippen molar-refractivity contribution in [3.8, 4) is 5.75 Å². The number of aromatic amines is 1. The highest BCUT2D eigenvalue weighted by Gasteiger charge is 2.29. The molecule has 1 amide bonds. The Labute approximate surface area is 220 Å². The van der Waals surface area contributed by atoms with E-state index < -0.39 is 0 Å². The summed E-state index contributed by atoms with van der Waals surface area (Å²) in [6.07, 6.45) is 5.92. The van der Waals surface area contributed by atoms with Crippen LogP contribution in [0.3, 0.4) is 0 Å². The zero-order valence-electron chi connectivity index (χ0n) is 20.9. The Morgan fingerprint density at radius 1 is 1.14 bits per heavy atom. The molecule has 3 N–H and O–H groups in total. The SMILES string of the molecule is COc1cc(C(=O)N2CCC(N3CCOCC3)CC2)ccc1Nc1nc(NC2CC2)c2c(Cl)c[nH]c2n1. The van der Waals surface area contributed by atoms with Crippen molar-refractivity contribution >= 4 is 46.0 Å². The number of likely N-dealkylation sites (tertiary alicyclic amines) is 1. The zero-order chi connectivity index (χ0) is 25.4. The topological polar surface area (TPSA) is 108 Å². The summed E-state index contributed by atoms with van der Waals surface area (Å²) < 4.78 is 11.1. The third kappa shape index (κ3) is 5.18. The van der Waals surface area contributed by atoms with Gasteiger partial charge in [0.25, 0.3) is 5.91 Å². The van der Waals surface area contributed by atoms with E-state index in [1.807, 2.05) is 17.0 Å². The third-order valence-corrected chi connectivity index (χ3v) is 7.71. The molecule has 1 aliphatic carbocycles. The molecule has 0 atom stereocenters. The van der Waals surface area contributed by atoms with Crippen molar-refractivity contribution < 1.29 is 14.3 Å². The third-order valence-electron chi connectivity index (χ3n) is 7.41. The largest absolute Gasteiger partial charge is 0.495 e. The molecule has 2 aromatic heterocycles. The van der Waals surface area contributed by atoms with Crippen molar-refractivity contribution in [1.82, 2.24) is 24.8 Å². The van der Waals surface area contributed by atoms with Gasteiger partial charge in [0, 0.05) is 50.0 Å². The Hall–Kier alpha value is -3.08. The summed E-state index contributed by atoms with van der Waals surface area (Å²) in [6.45, 7) is 5.08. The predicted molar refractivity (Wildman–Crippen MR) is 143 cm³/mol. The average Bonchev–Trinajstić information content (AvgIpc) is 3.68. The summed E-state index contributed by atoms with van der Waals surface area (Å²) in [7, 11) is 1.59. The number of fused-ring (bicyclic) bond motifs is 1. The molecule has 0 unspecified atom stereocenters. The van der Waals surface area contributed by atoms with Gasteiger partial charge >= 0.3 is 0 Å². The van der Waals surface area contributed by atoms with Gasteiger partial charge < -0.3 is 30.0 Å². The summed E-state index contributed by atoms with van der Waals surface area (Å²) in [5.41, 5.74) is 1.94. The summed E-state index contributed by atoms with van der Waals surface area (Å²) in [4.78, 5) is 30.1. The van der Waals surface area contributed by atoms with E-state index in [1.165, 1.54) is 0 Å². The molecule has 1 aromatic carbocycles. The molecule has 2 aliphatic heterocycles. The highest BCUT2D eigenvalue weighted by Crippen LogP contribution is 2.35. The number of nitrogens with zero attached hydrogens (tertiary/aromatic N) is 4. The van der Waals surface area contributed by atoms with Crippen molar-refractivity contribution in [3.05, 3.63) is 35.0 Å². The summed E-state index contributed by atoms with van der Waals surface area (Å²) in [5, 5.41) is 8.06. The van der Waals surface area contributed by atoms with Crippen LogP contribution in [0.25, 0.3) is 11.0 Å². The Morgan fingerprint density at radius 3 is 2.65 bits per heavy atom. The zero-order valence-corrected chi connectivity index (χ0v) is 21.7. The number of amides is 1. The Balaban J connectivity index is 1.16. The van der Waals surface area contributed by atoms with Crippen molar-refractivity contribution in [3.63, 3.8) is 0 Å². The van der Waals surface area contributed by atoms with Crippen molar-refractivity contribution in [1.29, 1.82) is 0 Å². The lowest BCUT2D eigenvalue weighted by Gasteiger charge is -2.40. The molecule has 3 aliphatic rings. The number of hydrogen-bond donors (Lipinski definition) is 3. The van der Waals surface area contributed by atoms with Gasteiger partial charge in [-0.3, -0.25) is 9.69 Å². The van der Waals surface area contributed by atoms with Gasteiger partial charge in [-0.05, 0) is 43.9 Å². The number of aromatic nitrogens is 3. The van der Waals surface area contributed by atoms with Gasteiger partial charge in [0.05, 0.1) is 36.4 Å². The van der Waals surface area contributed by atoms with E-state index >= 15 is 0 Å². The molecule has 2 saturated heterocycles. The number of H-pyrrole nitrogens is 1. The van der Waals surface area contributed by atoms with Crippen LogP contribution in [0.4, 0.5) is 17.5 Å². The Morgan fingerprint density at radius 2 is 1.92 bits per heavy atom. The number of anilines is 3. The monoisotopic (exact) mass is 525 g/mol. The molecule has 0 bridgehead atoms. The van der Waals surface area contributed by atoms with E-state index in [4.69, 9.17) is 21.1 Å². The molecular formula is C26H32ClN7O3. The van der Waals surface area contributed by atoms with E-state index in [2.05, 4.69) is 30.5 Å². The van der Waals surface area contributed by atoms with Crippen LogP contribution in [0.2, 0.25) is 5.02 Å². The molecule has 196 valence electrons. The average molecular weight is 526 g/mol. The molecule has 1 saturated carbocycles. The van der Waals surface area contributed by atoms with Crippen LogP contribution in [-0.4, -0.2) is 89.2 Å². The van der Waals surface area contributed by atoms with Crippen LogP contribution in [0.5, 0.6) is 5.75 Å². The number of piperidine rings is 1. The number of rotatable bonds is 7. The summed E-state index contributed by atoms with van der Waals surface area (Å²) in [5.74, 6) is 1.70. The standard InChI is InChI=1S/C26H32ClN7O3/c1-36-21-14-16(25(35)34-8-6-18(7-9-34)33-10-12-37-13-11-33)2-5-20(21)30-26-31-23-22(19(27)15-28-23)24(32-26)29-17-3-4-17/h2,5,14-15,17-18H,3-4,6-13H2,1H3,(H3,28,29,30,31,32). The molecule has 3 fully saturated rings. The number of benzene rings is 1. The van der Waals surface area contributed by atoms with Crippen molar-refractivity contribution in [2.75, 3.05) is 57.1 Å². The van der Waals surface area contributed by atoms with E-state index in [0.29, 0.717) is 51.5 Å². The number of carbonyl (C=O) groups excluding carboxylic acids is 1. The fourth-order valence-corrected chi connectivity index (χ4v) is 5.42. The van der Waals surface area contributed by atoms with Gasteiger partial charge in [0.1, 0.15) is 17.2 Å². The first kappa shape index (κ1) is 24.3. The molecule has 6 rings (SSSR count). The molecule has 10 nitrogen and oxygen atoms in total. The van der Waals surface area contributed by atoms with Crippen LogP contribution in [-0.2, 0) is 4.74 Å². The van der Waals surface area contributed by atoms with Crippen LogP contribution in [0, 0.1) is 0 Å². The first-order chi connectivity index (χ1) is 18.1. The van der Waals surface area contributed by atoms with E-state index in [9.17, 15) is 4.79 Å².